The van der Waals surface area contributed by atoms with E-state index in [1.54, 1.807) is 16.2 Å². The summed E-state index contributed by atoms with van der Waals surface area (Å²) in [5.41, 5.74) is 3.86. The first-order valence-electron chi connectivity index (χ1n) is 8.15. The molecular formula is C18H21N3O2S. The minimum atomic E-state index is -0.420. The molecule has 126 valence electrons. The SMILES string of the molecule is Cc1ncsc1CCC(=O)N1CCNC(=O)[C@H]1Cc1ccccc1. The van der Waals surface area contributed by atoms with Crippen molar-refractivity contribution < 1.29 is 9.59 Å². The minimum Gasteiger partial charge on any atom is -0.353 e. The van der Waals surface area contributed by atoms with Crippen molar-refractivity contribution in [2.24, 2.45) is 0 Å². The maximum Gasteiger partial charge on any atom is 0.243 e. The Morgan fingerprint density at radius 3 is 2.88 bits per heavy atom. The lowest BCUT2D eigenvalue weighted by Gasteiger charge is -2.35. The van der Waals surface area contributed by atoms with Crippen LogP contribution in [0.15, 0.2) is 35.8 Å². The van der Waals surface area contributed by atoms with E-state index in [4.69, 9.17) is 0 Å². The molecule has 5 nitrogen and oxygen atoms in total. The van der Waals surface area contributed by atoms with E-state index in [-0.39, 0.29) is 11.8 Å². The number of aromatic nitrogens is 1. The Morgan fingerprint density at radius 1 is 1.38 bits per heavy atom. The number of nitrogens with one attached hydrogen (secondary N) is 1. The number of piperazine rings is 1. The van der Waals surface area contributed by atoms with Crippen LogP contribution in [-0.2, 0) is 22.4 Å². The van der Waals surface area contributed by atoms with E-state index in [1.807, 2.05) is 42.8 Å². The molecule has 1 fully saturated rings. The van der Waals surface area contributed by atoms with Crippen LogP contribution in [0.3, 0.4) is 0 Å². The maximum atomic E-state index is 12.7. The van der Waals surface area contributed by atoms with Crippen molar-refractivity contribution in [2.75, 3.05) is 13.1 Å². The molecule has 0 radical (unpaired) electrons. The number of hydrogen-bond donors (Lipinski definition) is 1. The summed E-state index contributed by atoms with van der Waals surface area (Å²) >= 11 is 1.58. The molecule has 2 heterocycles. The Bertz CT molecular complexity index is 714. The van der Waals surface area contributed by atoms with Crippen LogP contribution >= 0.6 is 11.3 Å². The van der Waals surface area contributed by atoms with Gasteiger partial charge in [0.25, 0.3) is 0 Å². The molecule has 24 heavy (non-hydrogen) atoms. The van der Waals surface area contributed by atoms with Crippen LogP contribution < -0.4 is 5.32 Å². The molecule has 1 saturated heterocycles. The topological polar surface area (TPSA) is 62.3 Å². The summed E-state index contributed by atoms with van der Waals surface area (Å²) in [6.45, 7) is 3.06. The number of carbonyl (C=O) groups is 2. The molecule has 3 rings (SSSR count). The molecule has 0 spiro atoms. The Labute approximate surface area is 145 Å². The largest absolute Gasteiger partial charge is 0.353 e. The molecule has 0 bridgehead atoms. The normalized spacial score (nSPS) is 17.6. The fourth-order valence-electron chi connectivity index (χ4n) is 2.98. The van der Waals surface area contributed by atoms with E-state index in [0.717, 1.165) is 16.1 Å². The molecule has 2 aromatic rings. The molecule has 0 unspecified atom stereocenters. The third-order valence-corrected chi connectivity index (χ3v) is 5.33. The summed E-state index contributed by atoms with van der Waals surface area (Å²) in [5.74, 6) is -0.0222. The van der Waals surface area contributed by atoms with Crippen LogP contribution in [0.1, 0.15) is 22.6 Å². The monoisotopic (exact) mass is 343 g/mol. The number of benzene rings is 1. The summed E-state index contributed by atoms with van der Waals surface area (Å²) in [7, 11) is 0. The van der Waals surface area contributed by atoms with Crippen LogP contribution in [0.2, 0.25) is 0 Å². The van der Waals surface area contributed by atoms with Crippen LogP contribution in [0.25, 0.3) is 0 Å². The fraction of sp³-hybridized carbons (Fsp3) is 0.389. The second-order valence-corrected chi connectivity index (χ2v) is 6.88. The molecule has 6 heteroatoms. The lowest BCUT2D eigenvalue weighted by Crippen LogP contribution is -2.58. The van der Waals surface area contributed by atoms with Gasteiger partial charge in [0, 0.05) is 30.8 Å². The van der Waals surface area contributed by atoms with E-state index in [2.05, 4.69) is 10.3 Å². The second-order valence-electron chi connectivity index (χ2n) is 5.94. The number of carbonyl (C=O) groups excluding carboxylic acids is 2. The molecular weight excluding hydrogens is 322 g/mol. The zero-order valence-corrected chi connectivity index (χ0v) is 14.5. The molecule has 1 aromatic heterocycles. The lowest BCUT2D eigenvalue weighted by molar-refractivity contribution is -0.143. The van der Waals surface area contributed by atoms with Gasteiger partial charge in [0.15, 0.2) is 0 Å². The van der Waals surface area contributed by atoms with Crippen molar-refractivity contribution in [3.8, 4) is 0 Å². The number of aryl methyl sites for hydroxylation is 2. The van der Waals surface area contributed by atoms with Gasteiger partial charge in [-0.15, -0.1) is 11.3 Å². The van der Waals surface area contributed by atoms with Gasteiger partial charge in [-0.05, 0) is 18.9 Å². The molecule has 1 aromatic carbocycles. The van der Waals surface area contributed by atoms with E-state index in [1.165, 1.54) is 0 Å². The average molecular weight is 343 g/mol. The highest BCUT2D eigenvalue weighted by atomic mass is 32.1. The lowest BCUT2D eigenvalue weighted by atomic mass is 10.0. The van der Waals surface area contributed by atoms with E-state index in [0.29, 0.717) is 32.4 Å². The van der Waals surface area contributed by atoms with Gasteiger partial charge < -0.3 is 10.2 Å². The first kappa shape index (κ1) is 16.6. The number of thiazole rings is 1. The summed E-state index contributed by atoms with van der Waals surface area (Å²) in [4.78, 5) is 32.1. The Morgan fingerprint density at radius 2 is 2.17 bits per heavy atom. The Kier molecular flexibility index (Phi) is 5.25. The molecule has 1 aliphatic rings. The second kappa shape index (κ2) is 7.57. The van der Waals surface area contributed by atoms with Gasteiger partial charge in [-0.1, -0.05) is 30.3 Å². The maximum absolute atomic E-state index is 12.7. The zero-order valence-electron chi connectivity index (χ0n) is 13.7. The van der Waals surface area contributed by atoms with Gasteiger partial charge in [-0.25, -0.2) is 4.98 Å². The van der Waals surface area contributed by atoms with Gasteiger partial charge >= 0.3 is 0 Å². The highest BCUT2D eigenvalue weighted by molar-refractivity contribution is 7.09. The first-order valence-corrected chi connectivity index (χ1v) is 9.03. The van der Waals surface area contributed by atoms with E-state index < -0.39 is 6.04 Å². The fourth-order valence-corrected chi connectivity index (χ4v) is 3.76. The van der Waals surface area contributed by atoms with Crippen molar-refractivity contribution in [1.82, 2.24) is 15.2 Å². The third kappa shape index (κ3) is 3.82. The predicted octanol–water partition coefficient (Wildman–Crippen LogP) is 1.95. The van der Waals surface area contributed by atoms with Gasteiger partial charge in [0.05, 0.1) is 11.2 Å². The Balaban J connectivity index is 1.67. The summed E-state index contributed by atoms with van der Waals surface area (Å²) < 4.78 is 0. The number of hydrogen-bond acceptors (Lipinski definition) is 4. The predicted molar refractivity (Wildman–Crippen MR) is 93.8 cm³/mol. The highest BCUT2D eigenvalue weighted by Gasteiger charge is 2.32. The highest BCUT2D eigenvalue weighted by Crippen LogP contribution is 2.17. The van der Waals surface area contributed by atoms with Crippen LogP contribution in [0.4, 0.5) is 0 Å². The summed E-state index contributed by atoms with van der Waals surface area (Å²) in [6.07, 6.45) is 1.66. The van der Waals surface area contributed by atoms with Gasteiger partial charge in [-0.3, -0.25) is 9.59 Å². The number of nitrogens with zero attached hydrogens (tertiary/aromatic N) is 2. The molecule has 2 amide bonds. The summed E-state index contributed by atoms with van der Waals surface area (Å²) in [5, 5.41) is 2.88. The van der Waals surface area contributed by atoms with Crippen LogP contribution in [0, 0.1) is 6.92 Å². The van der Waals surface area contributed by atoms with E-state index >= 15 is 0 Å². The average Bonchev–Trinajstić information content (AvgIpc) is 3.00. The van der Waals surface area contributed by atoms with Crippen molar-refractivity contribution in [3.05, 3.63) is 52.0 Å². The van der Waals surface area contributed by atoms with Crippen LogP contribution in [0.5, 0.6) is 0 Å². The van der Waals surface area contributed by atoms with Crippen molar-refractivity contribution in [2.45, 2.75) is 32.2 Å². The molecule has 1 N–H and O–H groups in total. The first-order chi connectivity index (χ1) is 11.6. The van der Waals surface area contributed by atoms with Gasteiger partial charge in [-0.2, -0.15) is 0 Å². The van der Waals surface area contributed by atoms with Gasteiger partial charge in [0.1, 0.15) is 6.04 Å². The van der Waals surface area contributed by atoms with Crippen molar-refractivity contribution in [1.29, 1.82) is 0 Å². The smallest absolute Gasteiger partial charge is 0.243 e. The third-order valence-electron chi connectivity index (χ3n) is 4.33. The minimum absolute atomic E-state index is 0.0404. The molecule has 0 saturated carbocycles. The van der Waals surface area contributed by atoms with Crippen molar-refractivity contribution >= 4 is 23.2 Å². The van der Waals surface area contributed by atoms with Crippen molar-refractivity contribution in [3.63, 3.8) is 0 Å². The van der Waals surface area contributed by atoms with E-state index in [9.17, 15) is 9.59 Å². The molecule has 0 aliphatic carbocycles. The van der Waals surface area contributed by atoms with Gasteiger partial charge in [0.2, 0.25) is 11.8 Å². The quantitative estimate of drug-likeness (QED) is 0.903. The molecule has 1 atom stereocenters. The number of rotatable bonds is 5. The van der Waals surface area contributed by atoms with Crippen LogP contribution in [-0.4, -0.2) is 40.8 Å². The molecule has 1 aliphatic heterocycles. The number of amides is 2. The summed E-state index contributed by atoms with van der Waals surface area (Å²) in [6, 6.07) is 9.42. The zero-order chi connectivity index (χ0) is 16.9. The Hall–Kier alpha value is -2.21. The standard InChI is InChI=1S/C18H21N3O2S/c1-13-16(24-12-20-13)7-8-17(22)21-10-9-19-18(23)15(21)11-14-5-3-2-4-6-14/h2-6,12,15H,7-11H2,1H3,(H,19,23)/t15-/m1/s1.